The molecule has 0 spiro atoms. The molecule has 0 aliphatic carbocycles. The Hall–Kier alpha value is -3.54. The van der Waals surface area contributed by atoms with Crippen LogP contribution in [0.15, 0.2) is 78.0 Å². The number of alkyl halides is 1. The summed E-state index contributed by atoms with van der Waals surface area (Å²) in [4.78, 5) is 19.3. The Morgan fingerprint density at radius 3 is 2.40 bits per heavy atom. The first-order valence-corrected chi connectivity index (χ1v) is 15.7. The van der Waals surface area contributed by atoms with E-state index in [2.05, 4.69) is 15.0 Å². The smallest absolute Gasteiger partial charge is 0.244 e. The van der Waals surface area contributed by atoms with Gasteiger partial charge in [0, 0.05) is 25.5 Å². The second kappa shape index (κ2) is 15.1. The quantitative estimate of drug-likeness (QED) is 0.259. The fourth-order valence-corrected chi connectivity index (χ4v) is 6.54. The van der Waals surface area contributed by atoms with E-state index in [0.717, 1.165) is 11.1 Å². The molecule has 0 bridgehead atoms. The highest BCUT2D eigenvalue weighted by Gasteiger charge is 2.33. The zero-order valence-electron chi connectivity index (χ0n) is 23.8. The number of hydrogen-bond donors (Lipinski definition) is 3. The molecule has 1 saturated heterocycles. The Kier molecular flexibility index (Phi) is 11.3. The third kappa shape index (κ3) is 8.50. The SMILES string of the molecule is COc1ccc(C[C@@H](CO)Nc2ccncc2S(=O)(=O)N[C@@H](Cc2ccccc2)C(=O)N2CCC(CCF)CC2)cc1. The number of methoxy groups -OCH3 is 1. The highest BCUT2D eigenvalue weighted by molar-refractivity contribution is 7.89. The third-order valence-electron chi connectivity index (χ3n) is 7.62. The number of anilines is 1. The Labute approximate surface area is 247 Å². The van der Waals surface area contributed by atoms with Crippen LogP contribution in [0.3, 0.4) is 0 Å². The number of ether oxygens (including phenoxy) is 1. The van der Waals surface area contributed by atoms with Gasteiger partial charge in [0.15, 0.2) is 0 Å². The summed E-state index contributed by atoms with van der Waals surface area (Å²) in [5.41, 5.74) is 2.01. The number of sulfonamides is 1. The van der Waals surface area contributed by atoms with Gasteiger partial charge in [-0.1, -0.05) is 42.5 Å². The largest absolute Gasteiger partial charge is 0.497 e. The highest BCUT2D eigenvalue weighted by atomic mass is 32.2. The van der Waals surface area contributed by atoms with Gasteiger partial charge in [-0.05, 0) is 67.3 Å². The topological polar surface area (TPSA) is 121 Å². The number of aliphatic hydroxyl groups is 1. The lowest BCUT2D eigenvalue weighted by atomic mass is 9.93. The summed E-state index contributed by atoms with van der Waals surface area (Å²) in [6, 6.07) is 16.7. The van der Waals surface area contributed by atoms with E-state index in [9.17, 15) is 22.7 Å². The minimum atomic E-state index is -4.22. The van der Waals surface area contributed by atoms with Gasteiger partial charge in [0.05, 0.1) is 32.1 Å². The number of pyridine rings is 1. The van der Waals surface area contributed by atoms with Gasteiger partial charge in [0.25, 0.3) is 0 Å². The lowest BCUT2D eigenvalue weighted by Gasteiger charge is -2.34. The van der Waals surface area contributed by atoms with Crippen molar-refractivity contribution in [2.45, 2.75) is 49.1 Å². The molecule has 11 heteroatoms. The maximum atomic E-state index is 13.8. The Morgan fingerprint density at radius 1 is 1.07 bits per heavy atom. The second-order valence-electron chi connectivity index (χ2n) is 10.6. The number of aromatic nitrogens is 1. The van der Waals surface area contributed by atoms with Gasteiger partial charge in [-0.3, -0.25) is 14.2 Å². The van der Waals surface area contributed by atoms with Crippen LogP contribution >= 0.6 is 0 Å². The number of piperidine rings is 1. The van der Waals surface area contributed by atoms with E-state index >= 15 is 0 Å². The fourth-order valence-electron chi connectivity index (χ4n) is 5.24. The minimum absolute atomic E-state index is 0.120. The van der Waals surface area contributed by atoms with E-state index in [1.54, 1.807) is 12.0 Å². The zero-order valence-corrected chi connectivity index (χ0v) is 24.6. The molecule has 1 aliphatic heterocycles. The van der Waals surface area contributed by atoms with Gasteiger partial charge >= 0.3 is 0 Å². The third-order valence-corrected chi connectivity index (χ3v) is 9.12. The molecule has 1 amide bonds. The number of rotatable bonds is 14. The molecule has 3 aromatic rings. The normalized spacial score (nSPS) is 15.6. The van der Waals surface area contributed by atoms with Crippen LogP contribution in [0.2, 0.25) is 0 Å². The number of nitrogens with one attached hydrogen (secondary N) is 2. The monoisotopic (exact) mass is 598 g/mol. The van der Waals surface area contributed by atoms with Gasteiger partial charge < -0.3 is 20.1 Å². The first-order chi connectivity index (χ1) is 20.3. The maximum Gasteiger partial charge on any atom is 0.244 e. The van der Waals surface area contributed by atoms with E-state index in [1.807, 2.05) is 54.6 Å². The van der Waals surface area contributed by atoms with Crippen LogP contribution in [0.1, 0.15) is 30.4 Å². The molecule has 3 N–H and O–H groups in total. The average Bonchev–Trinajstić information content (AvgIpc) is 3.01. The van der Waals surface area contributed by atoms with Gasteiger partial charge in [-0.2, -0.15) is 4.72 Å². The number of aliphatic hydroxyl groups excluding tert-OH is 1. The summed E-state index contributed by atoms with van der Waals surface area (Å²) < 4.78 is 48.3. The molecule has 1 aromatic heterocycles. The van der Waals surface area contributed by atoms with E-state index in [1.165, 1.54) is 18.5 Å². The molecular weight excluding hydrogens is 559 g/mol. The number of benzene rings is 2. The van der Waals surface area contributed by atoms with Crippen molar-refractivity contribution in [1.29, 1.82) is 0 Å². The van der Waals surface area contributed by atoms with Gasteiger partial charge in [0.1, 0.15) is 16.7 Å². The highest BCUT2D eigenvalue weighted by Crippen LogP contribution is 2.25. The van der Waals surface area contributed by atoms with Crippen molar-refractivity contribution in [2.24, 2.45) is 5.92 Å². The molecule has 9 nitrogen and oxygen atoms in total. The van der Waals surface area contributed by atoms with Crippen LogP contribution in [0.4, 0.5) is 10.1 Å². The summed E-state index contributed by atoms with van der Waals surface area (Å²) in [6.45, 7) is 0.294. The molecule has 2 heterocycles. The summed E-state index contributed by atoms with van der Waals surface area (Å²) in [5.74, 6) is 0.626. The summed E-state index contributed by atoms with van der Waals surface area (Å²) in [6.07, 6.45) is 5.16. The molecule has 0 saturated carbocycles. The molecule has 1 aliphatic rings. The number of nitrogens with zero attached hydrogens (tertiary/aromatic N) is 2. The Morgan fingerprint density at radius 2 is 1.76 bits per heavy atom. The molecule has 0 unspecified atom stereocenters. The molecule has 1 fully saturated rings. The van der Waals surface area contributed by atoms with Crippen LogP contribution in [-0.4, -0.2) is 74.9 Å². The molecule has 0 radical (unpaired) electrons. The Bertz CT molecular complexity index is 1380. The molecular formula is C31H39FN4O5S. The number of amides is 1. The van der Waals surface area contributed by atoms with Crippen molar-refractivity contribution >= 4 is 21.6 Å². The van der Waals surface area contributed by atoms with E-state index in [4.69, 9.17) is 4.74 Å². The molecule has 2 aromatic carbocycles. The van der Waals surface area contributed by atoms with Crippen molar-refractivity contribution in [3.8, 4) is 5.75 Å². The second-order valence-corrected chi connectivity index (χ2v) is 12.2. The van der Waals surface area contributed by atoms with Gasteiger partial charge in [0.2, 0.25) is 15.9 Å². The first-order valence-electron chi connectivity index (χ1n) is 14.2. The summed E-state index contributed by atoms with van der Waals surface area (Å²) in [7, 11) is -2.63. The maximum absolute atomic E-state index is 13.8. The van der Waals surface area contributed by atoms with Crippen LogP contribution in [-0.2, 0) is 27.7 Å². The average molecular weight is 599 g/mol. The predicted molar refractivity (Wildman–Crippen MR) is 160 cm³/mol. The van der Waals surface area contributed by atoms with Crippen LogP contribution in [0.5, 0.6) is 5.75 Å². The number of halogens is 1. The van der Waals surface area contributed by atoms with E-state index in [-0.39, 0.29) is 42.1 Å². The van der Waals surface area contributed by atoms with Crippen molar-refractivity contribution in [3.05, 3.63) is 84.2 Å². The lowest BCUT2D eigenvalue weighted by molar-refractivity contribution is -0.134. The van der Waals surface area contributed by atoms with Crippen molar-refractivity contribution in [3.63, 3.8) is 0 Å². The lowest BCUT2D eigenvalue weighted by Crippen LogP contribution is -2.51. The van der Waals surface area contributed by atoms with Crippen LogP contribution in [0, 0.1) is 5.92 Å². The van der Waals surface area contributed by atoms with Crippen molar-refractivity contribution < 1.29 is 27.4 Å². The van der Waals surface area contributed by atoms with Crippen LogP contribution < -0.4 is 14.8 Å². The molecule has 2 atom stereocenters. The minimum Gasteiger partial charge on any atom is -0.497 e. The summed E-state index contributed by atoms with van der Waals surface area (Å²) in [5, 5.41) is 13.2. The number of likely N-dealkylation sites (tertiary alicyclic amines) is 1. The van der Waals surface area contributed by atoms with E-state index in [0.29, 0.717) is 44.5 Å². The summed E-state index contributed by atoms with van der Waals surface area (Å²) >= 11 is 0. The van der Waals surface area contributed by atoms with Gasteiger partial charge in [-0.25, -0.2) is 8.42 Å². The zero-order chi connectivity index (χ0) is 30.0. The van der Waals surface area contributed by atoms with Gasteiger partial charge in [-0.15, -0.1) is 0 Å². The first kappa shape index (κ1) is 31.4. The predicted octanol–water partition coefficient (Wildman–Crippen LogP) is 3.59. The molecule has 226 valence electrons. The fraction of sp³-hybridized carbons (Fsp3) is 0.419. The van der Waals surface area contributed by atoms with Crippen LogP contribution in [0.25, 0.3) is 0 Å². The number of carbonyl (C=O) groups excluding carboxylic acids is 1. The number of hydrogen-bond acceptors (Lipinski definition) is 7. The van der Waals surface area contributed by atoms with E-state index < -0.39 is 22.1 Å². The van der Waals surface area contributed by atoms with Crippen molar-refractivity contribution in [1.82, 2.24) is 14.6 Å². The Balaban J connectivity index is 1.53. The molecule has 4 rings (SSSR count). The standard InChI is InChI=1S/C31H39FN4O5S/c1-41-27-9-7-25(8-10-27)19-26(22-37)34-28-12-16-33-21-30(28)42(39,40)35-29(20-24-5-3-2-4-6-24)31(38)36-17-13-23(11-15-32)14-18-36/h2-10,12,16,21,23,26,29,35,37H,11,13-15,17-20,22H2,1H3,(H,33,34)/t26-,29-/m0/s1. The molecule has 42 heavy (non-hydrogen) atoms. The number of carbonyl (C=O) groups is 1. The van der Waals surface area contributed by atoms with Crippen molar-refractivity contribution in [2.75, 3.05) is 38.8 Å².